The number of benzene rings is 2. The number of aliphatic imine (C=N–C) groups is 1. The molecule has 0 saturated carbocycles. The second-order valence-electron chi connectivity index (χ2n) is 7.69. The van der Waals surface area contributed by atoms with Crippen LogP contribution < -0.4 is 5.73 Å². The Labute approximate surface area is 183 Å². The third-order valence-corrected chi connectivity index (χ3v) is 5.25. The molecule has 2 aromatic rings. The number of Topliss-reactive ketones (excluding diaryl/α,β-unsaturated/α-hetero) is 1. The van der Waals surface area contributed by atoms with Crippen molar-refractivity contribution in [2.45, 2.75) is 33.1 Å². The Hall–Kier alpha value is -3.25. The molecule has 0 atom stereocenters. The van der Waals surface area contributed by atoms with Gasteiger partial charge in [0.25, 0.3) is 0 Å². The second-order valence-corrected chi connectivity index (χ2v) is 7.69. The standard InChI is InChI=1S/C25H29N3O3/c1-3-11-28(12-6-13-29)25(31)20-14-19-10-9-18(15-23(19)27-24(26)16-20)22-8-5-4-7-21(22)17(2)30/h4-5,7-10,14-15,29H,3,6,11-13,16H2,1-2H3,(H2,26,27). The van der Waals surface area contributed by atoms with Gasteiger partial charge in [0.05, 0.1) is 5.69 Å². The van der Waals surface area contributed by atoms with Crippen LogP contribution in [0.4, 0.5) is 5.69 Å². The van der Waals surface area contributed by atoms with Crippen molar-refractivity contribution in [1.82, 2.24) is 4.90 Å². The minimum atomic E-state index is -0.0766. The molecule has 0 saturated heterocycles. The molecule has 3 N–H and O–H groups in total. The van der Waals surface area contributed by atoms with Crippen LogP contribution >= 0.6 is 0 Å². The summed E-state index contributed by atoms with van der Waals surface area (Å²) in [5, 5.41) is 9.15. The Bertz CT molecular complexity index is 1040. The average Bonchev–Trinajstić information content (AvgIpc) is 2.93. The third kappa shape index (κ3) is 5.27. The van der Waals surface area contributed by atoms with Crippen LogP contribution in [0.3, 0.4) is 0 Å². The quantitative estimate of drug-likeness (QED) is 0.633. The molecule has 1 aliphatic rings. The maximum atomic E-state index is 13.1. The molecule has 0 fully saturated rings. The predicted molar refractivity (Wildman–Crippen MR) is 124 cm³/mol. The normalized spacial score (nSPS) is 13.0. The van der Waals surface area contributed by atoms with E-state index < -0.39 is 0 Å². The largest absolute Gasteiger partial charge is 0.396 e. The molecule has 1 heterocycles. The maximum Gasteiger partial charge on any atom is 0.250 e. The smallest absolute Gasteiger partial charge is 0.250 e. The first kappa shape index (κ1) is 22.4. The van der Waals surface area contributed by atoms with Gasteiger partial charge in [0.2, 0.25) is 5.91 Å². The van der Waals surface area contributed by atoms with E-state index in [4.69, 9.17) is 10.8 Å². The van der Waals surface area contributed by atoms with Gasteiger partial charge in [0.1, 0.15) is 5.84 Å². The summed E-state index contributed by atoms with van der Waals surface area (Å²) in [5.41, 5.74) is 10.6. The average molecular weight is 420 g/mol. The molecule has 1 amide bonds. The number of ketones is 1. The molecule has 6 heteroatoms. The molecule has 0 radical (unpaired) electrons. The molecule has 0 aromatic heterocycles. The number of amides is 1. The Balaban J connectivity index is 1.99. The SMILES string of the molecule is CCCN(CCCO)C(=O)C1=Cc2ccc(-c3ccccc3C(C)=O)cc2N=C(N)C1. The van der Waals surface area contributed by atoms with Crippen LogP contribution in [0.15, 0.2) is 53.0 Å². The number of aliphatic hydroxyl groups excluding tert-OH is 1. The summed E-state index contributed by atoms with van der Waals surface area (Å²) in [6.07, 6.45) is 3.50. The summed E-state index contributed by atoms with van der Waals surface area (Å²) in [5.74, 6) is 0.293. The molecule has 3 rings (SSSR count). The van der Waals surface area contributed by atoms with Gasteiger partial charge in [-0.25, -0.2) is 4.99 Å². The summed E-state index contributed by atoms with van der Waals surface area (Å²) in [4.78, 5) is 31.5. The van der Waals surface area contributed by atoms with Crippen molar-refractivity contribution < 1.29 is 14.7 Å². The van der Waals surface area contributed by atoms with Crippen LogP contribution in [0.25, 0.3) is 17.2 Å². The molecule has 2 aromatic carbocycles. The second kappa shape index (κ2) is 10.2. The number of hydrogen-bond acceptors (Lipinski definition) is 5. The minimum Gasteiger partial charge on any atom is -0.396 e. The van der Waals surface area contributed by atoms with Crippen LogP contribution in [-0.4, -0.2) is 47.2 Å². The lowest BCUT2D eigenvalue weighted by molar-refractivity contribution is -0.127. The van der Waals surface area contributed by atoms with Crippen LogP contribution in [0.1, 0.15) is 49.0 Å². The number of amidine groups is 1. The first-order valence-electron chi connectivity index (χ1n) is 10.6. The van der Waals surface area contributed by atoms with E-state index >= 15 is 0 Å². The van der Waals surface area contributed by atoms with Gasteiger partial charge >= 0.3 is 0 Å². The van der Waals surface area contributed by atoms with Gasteiger partial charge in [-0.1, -0.05) is 43.3 Å². The number of aliphatic hydroxyl groups is 1. The van der Waals surface area contributed by atoms with Crippen molar-refractivity contribution in [2.75, 3.05) is 19.7 Å². The first-order valence-corrected chi connectivity index (χ1v) is 10.6. The van der Waals surface area contributed by atoms with Gasteiger partial charge in [0, 0.05) is 42.8 Å². The zero-order chi connectivity index (χ0) is 22.4. The molecule has 162 valence electrons. The molecule has 1 aliphatic heterocycles. The van der Waals surface area contributed by atoms with Gasteiger partial charge in [-0.15, -0.1) is 0 Å². The van der Waals surface area contributed by atoms with E-state index in [1.165, 1.54) is 0 Å². The zero-order valence-electron chi connectivity index (χ0n) is 18.1. The Morgan fingerprint density at radius 1 is 1.16 bits per heavy atom. The molecule has 6 nitrogen and oxygen atoms in total. The van der Waals surface area contributed by atoms with Gasteiger partial charge in [-0.2, -0.15) is 0 Å². The predicted octanol–water partition coefficient (Wildman–Crippen LogP) is 3.95. The summed E-state index contributed by atoms with van der Waals surface area (Å²) in [6.45, 7) is 4.75. The lowest BCUT2D eigenvalue weighted by Crippen LogP contribution is -2.35. The molecular formula is C25H29N3O3. The van der Waals surface area contributed by atoms with Crippen LogP contribution in [0, 0.1) is 0 Å². The van der Waals surface area contributed by atoms with E-state index in [2.05, 4.69) is 4.99 Å². The number of hydrogen-bond donors (Lipinski definition) is 2. The number of rotatable bonds is 8. The van der Waals surface area contributed by atoms with Gasteiger partial charge in [-0.05, 0) is 43.0 Å². The Kier molecular flexibility index (Phi) is 7.36. The molecule has 0 bridgehead atoms. The topological polar surface area (TPSA) is 96.0 Å². The van der Waals surface area contributed by atoms with Gasteiger partial charge in [-0.3, -0.25) is 9.59 Å². The van der Waals surface area contributed by atoms with E-state index in [0.29, 0.717) is 42.2 Å². The van der Waals surface area contributed by atoms with E-state index in [1.807, 2.05) is 55.5 Å². The molecule has 0 aliphatic carbocycles. The van der Waals surface area contributed by atoms with Crippen LogP contribution in [0.2, 0.25) is 0 Å². The van der Waals surface area contributed by atoms with Crippen molar-refractivity contribution in [1.29, 1.82) is 0 Å². The number of nitrogens with zero attached hydrogens (tertiary/aromatic N) is 2. The van der Waals surface area contributed by atoms with Crippen molar-refractivity contribution in [2.24, 2.45) is 10.7 Å². The molecule has 0 unspecified atom stereocenters. The van der Waals surface area contributed by atoms with Gasteiger partial charge in [0.15, 0.2) is 5.78 Å². The van der Waals surface area contributed by atoms with E-state index in [0.717, 1.165) is 23.1 Å². The first-order chi connectivity index (χ1) is 14.9. The molecular weight excluding hydrogens is 390 g/mol. The van der Waals surface area contributed by atoms with Crippen LogP contribution in [0.5, 0.6) is 0 Å². The zero-order valence-corrected chi connectivity index (χ0v) is 18.1. The number of carbonyl (C=O) groups excluding carboxylic acids is 2. The highest BCUT2D eigenvalue weighted by Gasteiger charge is 2.21. The lowest BCUT2D eigenvalue weighted by Gasteiger charge is -2.23. The highest BCUT2D eigenvalue weighted by atomic mass is 16.3. The van der Waals surface area contributed by atoms with Crippen molar-refractivity contribution in [3.63, 3.8) is 0 Å². The molecule has 0 spiro atoms. The Morgan fingerprint density at radius 3 is 2.65 bits per heavy atom. The summed E-state index contributed by atoms with van der Waals surface area (Å²) >= 11 is 0. The fourth-order valence-corrected chi connectivity index (χ4v) is 3.79. The fraction of sp³-hybridized carbons (Fsp3) is 0.320. The lowest BCUT2D eigenvalue weighted by atomic mass is 9.95. The highest BCUT2D eigenvalue weighted by Crippen LogP contribution is 2.33. The minimum absolute atomic E-state index is 0.000214. The maximum absolute atomic E-state index is 13.1. The fourth-order valence-electron chi connectivity index (χ4n) is 3.79. The highest BCUT2D eigenvalue weighted by molar-refractivity contribution is 6.06. The molecule has 31 heavy (non-hydrogen) atoms. The van der Waals surface area contributed by atoms with Crippen molar-refractivity contribution in [3.8, 4) is 11.1 Å². The third-order valence-electron chi connectivity index (χ3n) is 5.25. The van der Waals surface area contributed by atoms with E-state index in [-0.39, 0.29) is 24.7 Å². The summed E-state index contributed by atoms with van der Waals surface area (Å²) < 4.78 is 0. The number of carbonyl (C=O) groups is 2. The monoisotopic (exact) mass is 419 g/mol. The summed E-state index contributed by atoms with van der Waals surface area (Å²) in [6, 6.07) is 13.2. The number of nitrogens with two attached hydrogens (primary N) is 1. The van der Waals surface area contributed by atoms with Gasteiger partial charge < -0.3 is 15.7 Å². The number of fused-ring (bicyclic) bond motifs is 1. The summed E-state index contributed by atoms with van der Waals surface area (Å²) in [7, 11) is 0. The van der Waals surface area contributed by atoms with E-state index in [9.17, 15) is 9.59 Å². The van der Waals surface area contributed by atoms with E-state index in [1.54, 1.807) is 11.8 Å². The Morgan fingerprint density at radius 2 is 1.94 bits per heavy atom. The van der Waals surface area contributed by atoms with Crippen molar-refractivity contribution >= 4 is 29.3 Å². The van der Waals surface area contributed by atoms with Crippen molar-refractivity contribution in [3.05, 3.63) is 59.2 Å². The van der Waals surface area contributed by atoms with Crippen LogP contribution in [-0.2, 0) is 4.79 Å².